The molecular formula is C13H18N4S. The van der Waals surface area contributed by atoms with Crippen molar-refractivity contribution in [3.05, 3.63) is 24.0 Å². The minimum atomic E-state index is 0.783. The van der Waals surface area contributed by atoms with Gasteiger partial charge in [-0.25, -0.2) is 4.98 Å². The van der Waals surface area contributed by atoms with E-state index in [0.717, 1.165) is 35.5 Å². The van der Waals surface area contributed by atoms with E-state index in [2.05, 4.69) is 14.9 Å². The highest BCUT2D eigenvalue weighted by molar-refractivity contribution is 7.99. The molecule has 0 unspecified atom stereocenters. The van der Waals surface area contributed by atoms with E-state index in [1.165, 1.54) is 24.6 Å². The first-order valence-corrected chi connectivity index (χ1v) is 7.51. The average molecular weight is 262 g/mol. The molecule has 0 radical (unpaired) electrons. The van der Waals surface area contributed by atoms with Crippen LogP contribution in [0.1, 0.15) is 5.82 Å². The third-order valence-corrected chi connectivity index (χ3v) is 4.27. The summed E-state index contributed by atoms with van der Waals surface area (Å²) >= 11 is 2.05. The van der Waals surface area contributed by atoms with Gasteiger partial charge in [0.1, 0.15) is 5.82 Å². The molecule has 1 aromatic carbocycles. The number of hydrogen-bond acceptors (Lipinski definition) is 4. The molecule has 1 saturated heterocycles. The second-order valence-electron chi connectivity index (χ2n) is 4.66. The smallest absolute Gasteiger partial charge is 0.108 e. The lowest BCUT2D eigenvalue weighted by Gasteiger charge is -2.25. The first-order chi connectivity index (χ1) is 8.81. The van der Waals surface area contributed by atoms with Crippen LogP contribution in [0.25, 0.3) is 11.0 Å². The predicted molar refractivity (Wildman–Crippen MR) is 78.0 cm³/mol. The molecule has 2 aromatic rings. The summed E-state index contributed by atoms with van der Waals surface area (Å²) in [6.07, 6.45) is 0.985. The van der Waals surface area contributed by atoms with Crippen molar-refractivity contribution in [2.45, 2.75) is 6.42 Å². The summed E-state index contributed by atoms with van der Waals surface area (Å²) in [5.41, 5.74) is 8.60. The number of thioether (sulfide) groups is 1. The predicted octanol–water partition coefficient (Wildman–Crippen LogP) is 1.74. The van der Waals surface area contributed by atoms with E-state index in [9.17, 15) is 0 Å². The molecule has 0 amide bonds. The summed E-state index contributed by atoms with van der Waals surface area (Å²) < 4.78 is 0. The Morgan fingerprint density at radius 1 is 1.33 bits per heavy atom. The minimum absolute atomic E-state index is 0.783. The fourth-order valence-corrected chi connectivity index (χ4v) is 3.27. The number of aromatic amines is 1. The van der Waals surface area contributed by atoms with Gasteiger partial charge in [0.2, 0.25) is 0 Å². The highest BCUT2D eigenvalue weighted by Crippen LogP contribution is 2.15. The van der Waals surface area contributed by atoms with Crippen LogP contribution in [0.5, 0.6) is 0 Å². The van der Waals surface area contributed by atoms with Crippen LogP contribution in [-0.4, -0.2) is 46.0 Å². The van der Waals surface area contributed by atoms with Crippen LogP contribution in [-0.2, 0) is 6.42 Å². The number of nitrogens with one attached hydrogen (secondary N) is 1. The molecule has 0 bridgehead atoms. The van der Waals surface area contributed by atoms with Crippen LogP contribution >= 0.6 is 11.8 Å². The van der Waals surface area contributed by atoms with Crippen molar-refractivity contribution in [2.75, 3.05) is 36.9 Å². The van der Waals surface area contributed by atoms with Gasteiger partial charge in [0.15, 0.2) is 0 Å². The van der Waals surface area contributed by atoms with Crippen molar-refractivity contribution in [2.24, 2.45) is 0 Å². The van der Waals surface area contributed by atoms with Crippen molar-refractivity contribution >= 4 is 28.5 Å². The number of nitrogens with two attached hydrogens (primary N) is 1. The van der Waals surface area contributed by atoms with Gasteiger partial charge in [-0.05, 0) is 18.2 Å². The monoisotopic (exact) mass is 262 g/mol. The third kappa shape index (κ3) is 2.62. The topological polar surface area (TPSA) is 57.9 Å². The molecule has 3 rings (SSSR count). The summed E-state index contributed by atoms with van der Waals surface area (Å²) in [6.45, 7) is 3.51. The second-order valence-corrected chi connectivity index (χ2v) is 5.89. The highest BCUT2D eigenvalue weighted by Gasteiger charge is 2.11. The number of benzene rings is 1. The van der Waals surface area contributed by atoms with Gasteiger partial charge in [-0.2, -0.15) is 11.8 Å². The summed E-state index contributed by atoms with van der Waals surface area (Å²) in [4.78, 5) is 10.5. The molecule has 0 atom stereocenters. The van der Waals surface area contributed by atoms with Crippen molar-refractivity contribution in [3.63, 3.8) is 0 Å². The van der Waals surface area contributed by atoms with Crippen molar-refractivity contribution in [1.29, 1.82) is 0 Å². The quantitative estimate of drug-likeness (QED) is 0.827. The molecule has 0 spiro atoms. The van der Waals surface area contributed by atoms with Crippen molar-refractivity contribution in [3.8, 4) is 0 Å². The Kier molecular flexibility index (Phi) is 3.43. The van der Waals surface area contributed by atoms with Crippen LogP contribution < -0.4 is 5.73 Å². The Bertz CT molecular complexity index is 531. The Morgan fingerprint density at radius 2 is 2.17 bits per heavy atom. The Balaban J connectivity index is 1.67. The lowest BCUT2D eigenvalue weighted by Crippen LogP contribution is -2.34. The maximum Gasteiger partial charge on any atom is 0.108 e. The second kappa shape index (κ2) is 5.20. The van der Waals surface area contributed by atoms with Gasteiger partial charge < -0.3 is 15.6 Å². The molecule has 1 fully saturated rings. The summed E-state index contributed by atoms with van der Waals surface area (Å²) in [7, 11) is 0. The molecule has 1 aliphatic rings. The molecule has 4 nitrogen and oxygen atoms in total. The number of aromatic nitrogens is 2. The molecule has 96 valence electrons. The molecule has 5 heteroatoms. The highest BCUT2D eigenvalue weighted by atomic mass is 32.2. The van der Waals surface area contributed by atoms with Gasteiger partial charge in [-0.3, -0.25) is 0 Å². The van der Waals surface area contributed by atoms with E-state index in [1.807, 2.05) is 30.0 Å². The zero-order valence-corrected chi connectivity index (χ0v) is 11.2. The van der Waals surface area contributed by atoms with Gasteiger partial charge in [0.25, 0.3) is 0 Å². The van der Waals surface area contributed by atoms with E-state index >= 15 is 0 Å². The van der Waals surface area contributed by atoms with Crippen LogP contribution in [0, 0.1) is 0 Å². The molecule has 1 aliphatic heterocycles. The van der Waals surface area contributed by atoms with Gasteiger partial charge in [-0.1, -0.05) is 0 Å². The van der Waals surface area contributed by atoms with E-state index in [4.69, 9.17) is 5.73 Å². The van der Waals surface area contributed by atoms with Crippen molar-refractivity contribution in [1.82, 2.24) is 14.9 Å². The maximum atomic E-state index is 5.77. The average Bonchev–Trinajstić information content (AvgIpc) is 2.79. The number of rotatable bonds is 3. The van der Waals surface area contributed by atoms with Gasteiger partial charge in [0.05, 0.1) is 11.0 Å². The van der Waals surface area contributed by atoms with Gasteiger partial charge >= 0.3 is 0 Å². The van der Waals surface area contributed by atoms with E-state index in [-0.39, 0.29) is 0 Å². The largest absolute Gasteiger partial charge is 0.399 e. The van der Waals surface area contributed by atoms with Crippen LogP contribution in [0.4, 0.5) is 5.69 Å². The molecule has 1 aromatic heterocycles. The van der Waals surface area contributed by atoms with E-state index < -0.39 is 0 Å². The number of nitrogen functional groups attached to an aromatic ring is 1. The Labute approximate surface area is 111 Å². The number of nitrogens with zero attached hydrogens (tertiary/aromatic N) is 2. The SMILES string of the molecule is Nc1ccc2nc(CCN3CCSCC3)[nH]c2c1. The van der Waals surface area contributed by atoms with Crippen LogP contribution in [0.2, 0.25) is 0 Å². The van der Waals surface area contributed by atoms with E-state index in [0.29, 0.717) is 0 Å². The zero-order chi connectivity index (χ0) is 12.4. The molecule has 0 saturated carbocycles. The van der Waals surface area contributed by atoms with Crippen LogP contribution in [0.15, 0.2) is 18.2 Å². The molecule has 2 heterocycles. The third-order valence-electron chi connectivity index (χ3n) is 3.32. The molecular weight excluding hydrogens is 244 g/mol. The first-order valence-electron chi connectivity index (χ1n) is 6.35. The minimum Gasteiger partial charge on any atom is -0.399 e. The lowest BCUT2D eigenvalue weighted by molar-refractivity contribution is 0.305. The maximum absolute atomic E-state index is 5.77. The Hall–Kier alpha value is -1.20. The number of imidazole rings is 1. The lowest BCUT2D eigenvalue weighted by atomic mass is 10.3. The standard InChI is InChI=1S/C13H18N4S/c14-10-1-2-11-12(9-10)16-13(15-11)3-4-17-5-7-18-8-6-17/h1-2,9H,3-8,14H2,(H,15,16). The fraction of sp³-hybridized carbons (Fsp3) is 0.462. The summed E-state index contributed by atoms with van der Waals surface area (Å²) in [6, 6.07) is 5.82. The molecule has 0 aliphatic carbocycles. The van der Waals surface area contributed by atoms with Crippen LogP contribution in [0.3, 0.4) is 0 Å². The normalized spacial score (nSPS) is 17.3. The number of hydrogen-bond donors (Lipinski definition) is 2. The molecule has 18 heavy (non-hydrogen) atoms. The summed E-state index contributed by atoms with van der Waals surface area (Å²) in [5, 5.41) is 0. The first kappa shape index (κ1) is 11.9. The van der Waals surface area contributed by atoms with E-state index in [1.54, 1.807) is 0 Å². The number of H-pyrrole nitrogens is 1. The van der Waals surface area contributed by atoms with Gasteiger partial charge in [0, 0.05) is 43.2 Å². The summed E-state index contributed by atoms with van der Waals surface area (Å²) in [5.74, 6) is 3.58. The number of anilines is 1. The molecule has 3 N–H and O–H groups in total. The zero-order valence-electron chi connectivity index (χ0n) is 10.4. The van der Waals surface area contributed by atoms with Gasteiger partial charge in [-0.15, -0.1) is 0 Å². The number of fused-ring (bicyclic) bond motifs is 1. The van der Waals surface area contributed by atoms with Crippen molar-refractivity contribution < 1.29 is 0 Å². The fourth-order valence-electron chi connectivity index (χ4n) is 2.29. The Morgan fingerprint density at radius 3 is 3.00 bits per heavy atom.